The smallest absolute Gasteiger partial charge is 0.253 e. The summed E-state index contributed by atoms with van der Waals surface area (Å²) in [6.07, 6.45) is 0. The maximum Gasteiger partial charge on any atom is 0.253 e. The number of ether oxygens (including phenoxy) is 1. The lowest BCUT2D eigenvalue weighted by atomic mass is 10.1. The molecule has 2 aromatic rings. The summed E-state index contributed by atoms with van der Waals surface area (Å²) in [4.78, 5) is 24.7. The fourth-order valence-corrected chi connectivity index (χ4v) is 2.46. The van der Waals surface area contributed by atoms with Crippen LogP contribution in [0.25, 0.3) is 0 Å². The monoisotopic (exact) mass is 391 g/mol. The van der Waals surface area contributed by atoms with Gasteiger partial charge >= 0.3 is 0 Å². The molecule has 0 heterocycles. The minimum Gasteiger partial charge on any atom is -0.383 e. The molecule has 7 heteroatoms. The second-order valence-electron chi connectivity index (χ2n) is 5.87. The summed E-state index contributed by atoms with van der Waals surface area (Å²) >= 11 is 0. The molecule has 0 aromatic heterocycles. The molecule has 0 fully saturated rings. The molecule has 0 radical (unpaired) electrons. The van der Waals surface area contributed by atoms with E-state index in [-0.39, 0.29) is 36.8 Å². The van der Waals surface area contributed by atoms with Gasteiger partial charge in [-0.15, -0.1) is 12.4 Å². The van der Waals surface area contributed by atoms with E-state index < -0.39 is 0 Å². The number of carbonyl (C=O) groups excluding carboxylic acids is 2. The number of anilines is 1. The van der Waals surface area contributed by atoms with Gasteiger partial charge in [-0.2, -0.15) is 0 Å². The lowest BCUT2D eigenvalue weighted by Gasteiger charge is -2.16. The molecule has 6 nitrogen and oxygen atoms in total. The summed E-state index contributed by atoms with van der Waals surface area (Å²) in [6.45, 7) is 3.19. The first-order valence-electron chi connectivity index (χ1n) is 8.56. The van der Waals surface area contributed by atoms with Crippen LogP contribution in [0.5, 0.6) is 0 Å². The summed E-state index contributed by atoms with van der Waals surface area (Å²) < 4.78 is 4.92. The summed E-state index contributed by atoms with van der Waals surface area (Å²) in [5.74, 6) is -0.443. The zero-order valence-corrected chi connectivity index (χ0v) is 16.3. The van der Waals surface area contributed by atoms with Gasteiger partial charge in [-0.25, -0.2) is 0 Å². The first-order valence-corrected chi connectivity index (χ1v) is 8.56. The Morgan fingerprint density at radius 1 is 1.04 bits per heavy atom. The van der Waals surface area contributed by atoms with Crippen LogP contribution < -0.4 is 16.0 Å². The summed E-state index contributed by atoms with van der Waals surface area (Å²) in [7, 11) is 1.60. The largest absolute Gasteiger partial charge is 0.383 e. The molecule has 1 atom stereocenters. The highest BCUT2D eigenvalue weighted by molar-refractivity contribution is 6.04. The van der Waals surface area contributed by atoms with Crippen LogP contribution in [0.2, 0.25) is 0 Å². The van der Waals surface area contributed by atoms with Crippen molar-refractivity contribution in [1.29, 1.82) is 0 Å². The van der Waals surface area contributed by atoms with E-state index in [4.69, 9.17) is 4.74 Å². The average Bonchev–Trinajstić information content (AvgIpc) is 2.66. The van der Waals surface area contributed by atoms with Crippen molar-refractivity contribution in [1.82, 2.24) is 10.6 Å². The summed E-state index contributed by atoms with van der Waals surface area (Å²) in [5, 5.41) is 8.71. The highest BCUT2D eigenvalue weighted by atomic mass is 35.5. The van der Waals surface area contributed by atoms with E-state index in [2.05, 4.69) is 16.0 Å². The Bertz CT molecular complexity index is 725. The van der Waals surface area contributed by atoms with Gasteiger partial charge in [0.15, 0.2) is 0 Å². The normalized spacial score (nSPS) is 11.2. The van der Waals surface area contributed by atoms with Gasteiger partial charge in [-0.1, -0.05) is 42.5 Å². The Hall–Kier alpha value is -2.41. The maximum absolute atomic E-state index is 12.6. The Morgan fingerprint density at radius 2 is 1.70 bits per heavy atom. The molecule has 146 valence electrons. The van der Waals surface area contributed by atoms with E-state index in [1.54, 1.807) is 31.4 Å². The highest BCUT2D eigenvalue weighted by Gasteiger charge is 2.15. The SMILES string of the molecule is COCCNCC(=O)Nc1ccccc1C(=O)NC(C)c1ccccc1.Cl. The number of carbonyl (C=O) groups is 2. The van der Waals surface area contributed by atoms with Gasteiger partial charge in [-0.3, -0.25) is 9.59 Å². The molecule has 2 amide bonds. The first-order chi connectivity index (χ1) is 12.6. The van der Waals surface area contributed by atoms with E-state index in [9.17, 15) is 9.59 Å². The van der Waals surface area contributed by atoms with E-state index in [0.29, 0.717) is 24.4 Å². The highest BCUT2D eigenvalue weighted by Crippen LogP contribution is 2.17. The van der Waals surface area contributed by atoms with Crippen molar-refractivity contribution in [3.63, 3.8) is 0 Å². The minimum absolute atomic E-state index is 0. The van der Waals surface area contributed by atoms with Gasteiger partial charge in [0, 0.05) is 13.7 Å². The van der Waals surface area contributed by atoms with Gasteiger partial charge in [-0.05, 0) is 24.6 Å². The topological polar surface area (TPSA) is 79.5 Å². The maximum atomic E-state index is 12.6. The number of benzene rings is 2. The van der Waals surface area contributed by atoms with Gasteiger partial charge < -0.3 is 20.7 Å². The second kappa shape index (κ2) is 12.1. The molecule has 2 rings (SSSR count). The zero-order chi connectivity index (χ0) is 18.8. The lowest BCUT2D eigenvalue weighted by Crippen LogP contribution is -2.32. The van der Waals surface area contributed by atoms with E-state index in [0.717, 1.165) is 5.56 Å². The van der Waals surface area contributed by atoms with Crippen molar-refractivity contribution in [3.8, 4) is 0 Å². The van der Waals surface area contributed by atoms with Crippen molar-refractivity contribution in [3.05, 3.63) is 65.7 Å². The number of methoxy groups -OCH3 is 1. The number of hydrogen-bond acceptors (Lipinski definition) is 4. The van der Waals surface area contributed by atoms with Crippen LogP contribution >= 0.6 is 12.4 Å². The number of nitrogens with one attached hydrogen (secondary N) is 3. The molecule has 2 aromatic carbocycles. The van der Waals surface area contributed by atoms with E-state index >= 15 is 0 Å². The molecule has 0 saturated heterocycles. The third-order valence-corrected chi connectivity index (χ3v) is 3.86. The Balaban J connectivity index is 0.00000364. The van der Waals surface area contributed by atoms with Gasteiger partial charge in [0.1, 0.15) is 0 Å². The Labute approximate surface area is 166 Å². The molecule has 1 unspecified atom stereocenters. The average molecular weight is 392 g/mol. The molecule has 0 aliphatic rings. The molecule has 3 N–H and O–H groups in total. The third-order valence-electron chi connectivity index (χ3n) is 3.86. The first kappa shape index (κ1) is 22.6. The number of hydrogen-bond donors (Lipinski definition) is 3. The van der Waals surface area contributed by atoms with Crippen LogP contribution in [0.1, 0.15) is 28.9 Å². The van der Waals surface area contributed by atoms with Crippen molar-refractivity contribution in [2.24, 2.45) is 0 Å². The molecule has 0 spiro atoms. The van der Waals surface area contributed by atoms with Crippen LogP contribution in [-0.2, 0) is 9.53 Å². The van der Waals surface area contributed by atoms with E-state index in [1.807, 2.05) is 37.3 Å². The van der Waals surface area contributed by atoms with Gasteiger partial charge in [0.05, 0.1) is 30.4 Å². The molecule has 27 heavy (non-hydrogen) atoms. The standard InChI is InChI=1S/C20H25N3O3.ClH/c1-15(16-8-4-3-5-9-16)22-20(25)17-10-6-7-11-18(17)23-19(24)14-21-12-13-26-2;/h3-11,15,21H,12-14H2,1-2H3,(H,22,25)(H,23,24);1H. The van der Waals surface area contributed by atoms with Crippen molar-refractivity contribution in [2.75, 3.05) is 32.1 Å². The van der Waals surface area contributed by atoms with Crippen LogP contribution in [0, 0.1) is 0 Å². The Morgan fingerprint density at radius 3 is 2.41 bits per heavy atom. The van der Waals surface area contributed by atoms with Crippen LogP contribution in [0.15, 0.2) is 54.6 Å². The predicted molar refractivity (Wildman–Crippen MR) is 109 cm³/mol. The number of para-hydroxylation sites is 1. The van der Waals surface area contributed by atoms with Crippen LogP contribution in [-0.4, -0.2) is 38.6 Å². The molecule has 0 saturated carbocycles. The fraction of sp³-hybridized carbons (Fsp3) is 0.300. The number of amides is 2. The molecular formula is C20H26ClN3O3. The predicted octanol–water partition coefficient (Wildman–Crippen LogP) is 2.77. The fourth-order valence-electron chi connectivity index (χ4n) is 2.46. The molecule has 0 aliphatic heterocycles. The van der Waals surface area contributed by atoms with Crippen LogP contribution in [0.4, 0.5) is 5.69 Å². The van der Waals surface area contributed by atoms with Crippen molar-refractivity contribution >= 4 is 29.9 Å². The van der Waals surface area contributed by atoms with Crippen LogP contribution in [0.3, 0.4) is 0 Å². The third kappa shape index (κ3) is 7.38. The van der Waals surface area contributed by atoms with Crippen molar-refractivity contribution in [2.45, 2.75) is 13.0 Å². The lowest BCUT2D eigenvalue weighted by molar-refractivity contribution is -0.115. The van der Waals surface area contributed by atoms with E-state index in [1.165, 1.54) is 0 Å². The molecule has 0 aliphatic carbocycles. The van der Waals surface area contributed by atoms with Gasteiger partial charge in [0.25, 0.3) is 5.91 Å². The zero-order valence-electron chi connectivity index (χ0n) is 15.5. The number of rotatable bonds is 9. The summed E-state index contributed by atoms with van der Waals surface area (Å²) in [5.41, 5.74) is 1.94. The second-order valence-corrected chi connectivity index (χ2v) is 5.87. The Kier molecular flexibility index (Phi) is 10.1. The minimum atomic E-state index is -0.232. The van der Waals surface area contributed by atoms with Crippen molar-refractivity contribution < 1.29 is 14.3 Å². The quantitative estimate of drug-likeness (QED) is 0.574. The van der Waals surface area contributed by atoms with Gasteiger partial charge in [0.2, 0.25) is 5.91 Å². The summed E-state index contributed by atoms with van der Waals surface area (Å²) in [6, 6.07) is 16.6. The molecule has 0 bridgehead atoms. The molecular weight excluding hydrogens is 366 g/mol. The number of halogens is 1.